The molecule has 0 radical (unpaired) electrons. The molecule has 24 heavy (non-hydrogen) atoms. The molecule has 3 rings (SSSR count). The number of anilines is 1. The zero-order chi connectivity index (χ0) is 17.1. The number of Topliss-reactive ketones (excluding diaryl/α,β-unsaturated/α-hetero) is 1. The van der Waals surface area contributed by atoms with Crippen molar-refractivity contribution in [2.45, 2.75) is 19.3 Å². The second-order valence-corrected chi connectivity index (χ2v) is 6.20. The maximum absolute atomic E-state index is 13.2. The fourth-order valence-corrected chi connectivity index (χ4v) is 3.11. The third kappa shape index (κ3) is 3.53. The van der Waals surface area contributed by atoms with Crippen LogP contribution in [0, 0.1) is 11.7 Å². The number of hydrogen-bond donors (Lipinski definition) is 0. The minimum absolute atomic E-state index is 0.0444. The smallest absolute Gasteiger partial charge is 0.293 e. The summed E-state index contributed by atoms with van der Waals surface area (Å²) in [4.78, 5) is 30.6. The lowest BCUT2D eigenvalue weighted by atomic mass is 9.89. The number of hydrogen-bond acceptors (Lipinski definition) is 4. The first-order chi connectivity index (χ1) is 11.5. The molecule has 1 aliphatic rings. The van der Waals surface area contributed by atoms with Crippen molar-refractivity contribution in [2.75, 3.05) is 18.0 Å². The first-order valence-corrected chi connectivity index (χ1v) is 8.08. The van der Waals surface area contributed by atoms with Gasteiger partial charge in [0.25, 0.3) is 5.56 Å². The fourth-order valence-electron chi connectivity index (χ4n) is 3.11. The Bertz CT molecular complexity index is 795. The predicted octanol–water partition coefficient (Wildman–Crippen LogP) is 1.95. The van der Waals surface area contributed by atoms with E-state index in [1.54, 1.807) is 31.6 Å². The molecule has 1 saturated heterocycles. The highest BCUT2D eigenvalue weighted by molar-refractivity contribution is 5.83. The molecule has 0 saturated carbocycles. The van der Waals surface area contributed by atoms with Gasteiger partial charge in [-0.25, -0.2) is 9.37 Å². The van der Waals surface area contributed by atoms with Crippen LogP contribution < -0.4 is 10.5 Å². The van der Waals surface area contributed by atoms with Gasteiger partial charge < -0.3 is 9.47 Å². The maximum Gasteiger partial charge on any atom is 0.293 e. The zero-order valence-electron chi connectivity index (χ0n) is 13.6. The van der Waals surface area contributed by atoms with E-state index in [4.69, 9.17) is 0 Å². The van der Waals surface area contributed by atoms with Crippen molar-refractivity contribution >= 4 is 11.6 Å². The second-order valence-electron chi connectivity index (χ2n) is 6.20. The SMILES string of the molecule is Cn1ccnc(N2CCC(C(=O)Cc3cccc(F)c3)CC2)c1=O. The van der Waals surface area contributed by atoms with Crippen molar-refractivity contribution in [1.82, 2.24) is 9.55 Å². The minimum atomic E-state index is -0.318. The Kier molecular flexibility index (Phi) is 4.74. The number of benzene rings is 1. The van der Waals surface area contributed by atoms with Crippen molar-refractivity contribution < 1.29 is 9.18 Å². The summed E-state index contributed by atoms with van der Waals surface area (Å²) in [5.74, 6) is 0.211. The molecule has 6 heteroatoms. The van der Waals surface area contributed by atoms with Gasteiger partial charge in [0, 0.05) is 44.9 Å². The number of aromatic nitrogens is 2. The van der Waals surface area contributed by atoms with Crippen LogP contribution in [0.1, 0.15) is 18.4 Å². The van der Waals surface area contributed by atoms with Gasteiger partial charge >= 0.3 is 0 Å². The van der Waals surface area contributed by atoms with E-state index in [1.807, 2.05) is 4.90 Å². The van der Waals surface area contributed by atoms with Gasteiger partial charge in [-0.2, -0.15) is 0 Å². The number of halogens is 1. The van der Waals surface area contributed by atoms with E-state index in [-0.39, 0.29) is 29.5 Å². The summed E-state index contributed by atoms with van der Waals surface area (Å²) in [6.45, 7) is 1.26. The number of ketones is 1. The molecule has 126 valence electrons. The van der Waals surface area contributed by atoms with Crippen molar-refractivity contribution in [3.05, 3.63) is 58.4 Å². The molecule has 0 bridgehead atoms. The van der Waals surface area contributed by atoms with Gasteiger partial charge in [-0.05, 0) is 30.5 Å². The van der Waals surface area contributed by atoms with Gasteiger partial charge in [-0.15, -0.1) is 0 Å². The number of carbonyl (C=O) groups is 1. The molecular weight excluding hydrogens is 309 g/mol. The van der Waals surface area contributed by atoms with E-state index in [0.717, 1.165) is 0 Å². The summed E-state index contributed by atoms with van der Waals surface area (Å²) in [6, 6.07) is 6.18. The number of aryl methyl sites for hydroxylation is 1. The molecule has 0 spiro atoms. The van der Waals surface area contributed by atoms with E-state index in [2.05, 4.69) is 4.98 Å². The Morgan fingerprint density at radius 2 is 2.08 bits per heavy atom. The summed E-state index contributed by atoms with van der Waals surface area (Å²) in [7, 11) is 1.70. The molecule has 1 aromatic carbocycles. The number of nitrogens with zero attached hydrogens (tertiary/aromatic N) is 3. The topological polar surface area (TPSA) is 55.2 Å². The van der Waals surface area contributed by atoms with Crippen molar-refractivity contribution in [1.29, 1.82) is 0 Å². The van der Waals surface area contributed by atoms with Crippen LogP contribution in [0.3, 0.4) is 0 Å². The average Bonchev–Trinajstić information content (AvgIpc) is 2.57. The van der Waals surface area contributed by atoms with E-state index >= 15 is 0 Å². The van der Waals surface area contributed by atoms with Gasteiger partial charge in [0.1, 0.15) is 11.6 Å². The lowest BCUT2D eigenvalue weighted by Gasteiger charge is -2.31. The molecule has 0 amide bonds. The van der Waals surface area contributed by atoms with E-state index in [0.29, 0.717) is 37.3 Å². The van der Waals surface area contributed by atoms with E-state index < -0.39 is 0 Å². The molecule has 2 heterocycles. The third-order valence-electron chi connectivity index (χ3n) is 4.52. The van der Waals surface area contributed by atoms with Crippen LogP contribution in [0.5, 0.6) is 0 Å². The lowest BCUT2D eigenvalue weighted by molar-refractivity contribution is -0.122. The molecule has 2 aromatic rings. The van der Waals surface area contributed by atoms with Crippen molar-refractivity contribution in [2.24, 2.45) is 13.0 Å². The van der Waals surface area contributed by atoms with Crippen LogP contribution in [-0.2, 0) is 18.3 Å². The summed E-state index contributed by atoms with van der Waals surface area (Å²) >= 11 is 0. The first kappa shape index (κ1) is 16.4. The summed E-state index contributed by atoms with van der Waals surface area (Å²) in [6.07, 6.45) is 4.87. The number of rotatable bonds is 4. The van der Waals surface area contributed by atoms with Gasteiger partial charge in [-0.1, -0.05) is 12.1 Å². The van der Waals surface area contributed by atoms with Crippen LogP contribution in [0.25, 0.3) is 0 Å². The van der Waals surface area contributed by atoms with Gasteiger partial charge in [0.15, 0.2) is 5.82 Å². The summed E-state index contributed by atoms with van der Waals surface area (Å²) < 4.78 is 14.7. The Labute approximate surface area is 139 Å². The standard InChI is InChI=1S/C18H20FN3O2/c1-21-10-7-20-17(18(21)24)22-8-5-14(6-9-22)16(23)12-13-3-2-4-15(19)11-13/h2-4,7,10-11,14H,5-6,8-9,12H2,1H3. The molecule has 1 fully saturated rings. The molecule has 0 aliphatic carbocycles. The fraction of sp³-hybridized carbons (Fsp3) is 0.389. The number of carbonyl (C=O) groups excluding carboxylic acids is 1. The monoisotopic (exact) mass is 329 g/mol. The molecule has 1 aromatic heterocycles. The predicted molar refractivity (Wildman–Crippen MR) is 89.5 cm³/mol. The summed E-state index contributed by atoms with van der Waals surface area (Å²) in [5, 5.41) is 0. The van der Waals surface area contributed by atoms with Crippen molar-refractivity contribution in [3.8, 4) is 0 Å². The Morgan fingerprint density at radius 1 is 1.33 bits per heavy atom. The largest absolute Gasteiger partial charge is 0.352 e. The maximum atomic E-state index is 13.2. The zero-order valence-corrected chi connectivity index (χ0v) is 13.6. The summed E-state index contributed by atoms with van der Waals surface area (Å²) in [5.41, 5.74) is 0.586. The Balaban J connectivity index is 1.61. The third-order valence-corrected chi connectivity index (χ3v) is 4.52. The lowest BCUT2D eigenvalue weighted by Crippen LogP contribution is -2.40. The highest BCUT2D eigenvalue weighted by Crippen LogP contribution is 2.22. The van der Waals surface area contributed by atoms with Gasteiger partial charge in [-0.3, -0.25) is 9.59 Å². The second kappa shape index (κ2) is 6.95. The molecule has 0 N–H and O–H groups in total. The first-order valence-electron chi connectivity index (χ1n) is 8.08. The molecular formula is C18H20FN3O2. The van der Waals surface area contributed by atoms with Gasteiger partial charge in [0.05, 0.1) is 0 Å². The van der Waals surface area contributed by atoms with Gasteiger partial charge in [0.2, 0.25) is 0 Å². The quantitative estimate of drug-likeness (QED) is 0.860. The van der Waals surface area contributed by atoms with Crippen LogP contribution >= 0.6 is 0 Å². The normalized spacial score (nSPS) is 15.5. The van der Waals surface area contributed by atoms with Crippen LogP contribution in [0.4, 0.5) is 10.2 Å². The highest BCUT2D eigenvalue weighted by Gasteiger charge is 2.26. The Hall–Kier alpha value is -2.50. The van der Waals surface area contributed by atoms with E-state index in [1.165, 1.54) is 16.7 Å². The van der Waals surface area contributed by atoms with Crippen LogP contribution in [-0.4, -0.2) is 28.4 Å². The Morgan fingerprint density at radius 3 is 2.79 bits per heavy atom. The van der Waals surface area contributed by atoms with Crippen LogP contribution in [0.2, 0.25) is 0 Å². The van der Waals surface area contributed by atoms with Crippen molar-refractivity contribution in [3.63, 3.8) is 0 Å². The molecule has 5 nitrogen and oxygen atoms in total. The molecule has 0 unspecified atom stereocenters. The highest BCUT2D eigenvalue weighted by atomic mass is 19.1. The molecule has 0 atom stereocenters. The average molecular weight is 329 g/mol. The minimum Gasteiger partial charge on any atom is -0.352 e. The number of piperidine rings is 1. The van der Waals surface area contributed by atoms with E-state index in [9.17, 15) is 14.0 Å². The molecule has 1 aliphatic heterocycles. The van der Waals surface area contributed by atoms with Crippen LogP contribution in [0.15, 0.2) is 41.5 Å².